The van der Waals surface area contributed by atoms with Crippen LogP contribution in [0.3, 0.4) is 0 Å². The SMILES string of the molecule is CCC(Br)c1ccc(Cl)cc1Cl. The molecule has 0 aliphatic rings. The minimum absolute atomic E-state index is 0.322. The molecule has 0 spiro atoms. The van der Waals surface area contributed by atoms with Gasteiger partial charge in [0.1, 0.15) is 0 Å². The molecule has 0 saturated heterocycles. The second kappa shape index (κ2) is 4.50. The first-order valence-corrected chi connectivity index (χ1v) is 5.41. The van der Waals surface area contributed by atoms with E-state index in [0.717, 1.165) is 17.0 Å². The molecule has 1 atom stereocenters. The van der Waals surface area contributed by atoms with Crippen LogP contribution in [0.5, 0.6) is 0 Å². The second-order valence-corrected chi connectivity index (χ2v) is 4.49. The summed E-state index contributed by atoms with van der Waals surface area (Å²) in [6.07, 6.45) is 1.02. The summed E-state index contributed by atoms with van der Waals surface area (Å²) < 4.78 is 0. The number of hydrogen-bond acceptors (Lipinski definition) is 0. The van der Waals surface area contributed by atoms with Gasteiger partial charge in [-0.15, -0.1) is 0 Å². The monoisotopic (exact) mass is 266 g/mol. The van der Waals surface area contributed by atoms with Crippen LogP contribution in [0.15, 0.2) is 18.2 Å². The fourth-order valence-corrected chi connectivity index (χ4v) is 2.05. The topological polar surface area (TPSA) is 0 Å². The molecule has 12 heavy (non-hydrogen) atoms. The van der Waals surface area contributed by atoms with Crippen molar-refractivity contribution in [3.63, 3.8) is 0 Å². The molecule has 66 valence electrons. The number of alkyl halides is 1. The third-order valence-electron chi connectivity index (χ3n) is 1.66. The molecule has 0 aliphatic heterocycles. The van der Waals surface area contributed by atoms with Gasteiger partial charge in [0.2, 0.25) is 0 Å². The van der Waals surface area contributed by atoms with Crippen LogP contribution in [0.1, 0.15) is 23.7 Å². The average molecular weight is 268 g/mol. The summed E-state index contributed by atoms with van der Waals surface area (Å²) in [6, 6.07) is 5.57. The highest BCUT2D eigenvalue weighted by Crippen LogP contribution is 2.33. The Balaban J connectivity index is 3.01. The van der Waals surface area contributed by atoms with Crippen molar-refractivity contribution in [1.29, 1.82) is 0 Å². The zero-order valence-corrected chi connectivity index (χ0v) is 9.75. The molecule has 0 heterocycles. The molecule has 1 aromatic rings. The van der Waals surface area contributed by atoms with Gasteiger partial charge >= 0.3 is 0 Å². The van der Waals surface area contributed by atoms with Crippen molar-refractivity contribution in [3.8, 4) is 0 Å². The molecule has 0 amide bonds. The van der Waals surface area contributed by atoms with E-state index < -0.39 is 0 Å². The number of hydrogen-bond donors (Lipinski definition) is 0. The Morgan fingerprint density at radius 2 is 2.08 bits per heavy atom. The molecule has 1 aromatic carbocycles. The maximum absolute atomic E-state index is 5.99. The lowest BCUT2D eigenvalue weighted by Crippen LogP contribution is -1.88. The van der Waals surface area contributed by atoms with Gasteiger partial charge in [0.05, 0.1) is 0 Å². The van der Waals surface area contributed by atoms with Crippen LogP contribution in [-0.2, 0) is 0 Å². The third kappa shape index (κ3) is 2.38. The summed E-state index contributed by atoms with van der Waals surface area (Å²) in [4.78, 5) is 0.322. The fraction of sp³-hybridized carbons (Fsp3) is 0.333. The maximum atomic E-state index is 5.99. The summed E-state index contributed by atoms with van der Waals surface area (Å²) in [5.74, 6) is 0. The molecule has 0 N–H and O–H groups in total. The molecule has 3 heteroatoms. The van der Waals surface area contributed by atoms with Gasteiger partial charge in [-0.05, 0) is 24.1 Å². The molecule has 1 unspecified atom stereocenters. The highest BCUT2D eigenvalue weighted by molar-refractivity contribution is 9.09. The van der Waals surface area contributed by atoms with Gasteiger partial charge in [-0.1, -0.05) is 52.1 Å². The molecule has 1 rings (SSSR count). The maximum Gasteiger partial charge on any atom is 0.0464 e. The molecular formula is C9H9BrCl2. The van der Waals surface area contributed by atoms with Crippen molar-refractivity contribution >= 4 is 39.1 Å². The second-order valence-electron chi connectivity index (χ2n) is 2.54. The van der Waals surface area contributed by atoms with Gasteiger partial charge in [-0.2, -0.15) is 0 Å². The van der Waals surface area contributed by atoms with E-state index in [1.165, 1.54) is 0 Å². The molecule has 0 nitrogen and oxygen atoms in total. The Morgan fingerprint density at radius 1 is 1.42 bits per heavy atom. The Morgan fingerprint density at radius 3 is 2.58 bits per heavy atom. The Hall–Kier alpha value is 0.280. The Labute approximate surface area is 91.0 Å². The predicted octanol–water partition coefficient (Wildman–Crippen LogP) is 4.84. The van der Waals surface area contributed by atoms with E-state index in [0.29, 0.717) is 9.85 Å². The molecule has 0 aromatic heterocycles. The van der Waals surface area contributed by atoms with Crippen molar-refractivity contribution in [2.45, 2.75) is 18.2 Å². The summed E-state index contributed by atoms with van der Waals surface area (Å²) >= 11 is 15.3. The van der Waals surface area contributed by atoms with Crippen LogP contribution >= 0.6 is 39.1 Å². The van der Waals surface area contributed by atoms with E-state index in [1.54, 1.807) is 6.07 Å². The van der Waals surface area contributed by atoms with Crippen LogP contribution in [-0.4, -0.2) is 0 Å². The lowest BCUT2D eigenvalue weighted by atomic mass is 10.1. The summed E-state index contributed by atoms with van der Waals surface area (Å²) in [7, 11) is 0. The van der Waals surface area contributed by atoms with E-state index in [1.807, 2.05) is 12.1 Å². The van der Waals surface area contributed by atoms with Crippen LogP contribution in [0.25, 0.3) is 0 Å². The first-order valence-electron chi connectivity index (χ1n) is 3.74. The van der Waals surface area contributed by atoms with Crippen LogP contribution in [0, 0.1) is 0 Å². The first-order chi connectivity index (χ1) is 5.65. The van der Waals surface area contributed by atoms with Crippen molar-refractivity contribution in [2.75, 3.05) is 0 Å². The quantitative estimate of drug-likeness (QED) is 0.673. The minimum atomic E-state index is 0.322. The van der Waals surface area contributed by atoms with Gasteiger partial charge in [0.15, 0.2) is 0 Å². The zero-order valence-electron chi connectivity index (χ0n) is 6.65. The van der Waals surface area contributed by atoms with Crippen molar-refractivity contribution in [3.05, 3.63) is 33.8 Å². The van der Waals surface area contributed by atoms with Gasteiger partial charge in [-0.25, -0.2) is 0 Å². The van der Waals surface area contributed by atoms with Gasteiger partial charge in [0, 0.05) is 14.9 Å². The molecule has 0 aliphatic carbocycles. The molecule has 0 saturated carbocycles. The van der Waals surface area contributed by atoms with E-state index >= 15 is 0 Å². The normalized spacial score (nSPS) is 13.0. The lowest BCUT2D eigenvalue weighted by Gasteiger charge is -2.08. The predicted molar refractivity (Wildman–Crippen MR) is 58.4 cm³/mol. The molecule has 0 bridgehead atoms. The van der Waals surface area contributed by atoms with Crippen molar-refractivity contribution in [2.24, 2.45) is 0 Å². The summed E-state index contributed by atoms with van der Waals surface area (Å²) in [5, 5.41) is 1.41. The van der Waals surface area contributed by atoms with E-state index in [2.05, 4.69) is 22.9 Å². The molecule has 0 radical (unpaired) electrons. The minimum Gasteiger partial charge on any atom is -0.0843 e. The van der Waals surface area contributed by atoms with Gasteiger partial charge in [-0.3, -0.25) is 0 Å². The lowest BCUT2D eigenvalue weighted by molar-refractivity contribution is 0.911. The summed E-state index contributed by atoms with van der Waals surface area (Å²) in [6.45, 7) is 2.10. The average Bonchev–Trinajstić information content (AvgIpc) is 2.03. The zero-order chi connectivity index (χ0) is 9.14. The number of rotatable bonds is 2. The van der Waals surface area contributed by atoms with Gasteiger partial charge in [0.25, 0.3) is 0 Å². The van der Waals surface area contributed by atoms with Crippen LogP contribution < -0.4 is 0 Å². The van der Waals surface area contributed by atoms with Crippen molar-refractivity contribution < 1.29 is 0 Å². The molecular weight excluding hydrogens is 259 g/mol. The third-order valence-corrected chi connectivity index (χ3v) is 3.36. The number of benzene rings is 1. The van der Waals surface area contributed by atoms with E-state index in [4.69, 9.17) is 23.2 Å². The molecule has 0 fully saturated rings. The van der Waals surface area contributed by atoms with Crippen molar-refractivity contribution in [1.82, 2.24) is 0 Å². The fourth-order valence-electron chi connectivity index (χ4n) is 0.975. The van der Waals surface area contributed by atoms with Crippen LogP contribution in [0.4, 0.5) is 0 Å². The Bertz CT molecular complexity index is 273. The van der Waals surface area contributed by atoms with E-state index in [9.17, 15) is 0 Å². The first kappa shape index (κ1) is 10.4. The smallest absolute Gasteiger partial charge is 0.0464 e. The van der Waals surface area contributed by atoms with Gasteiger partial charge < -0.3 is 0 Å². The standard InChI is InChI=1S/C9H9BrCl2/c1-2-8(10)7-4-3-6(11)5-9(7)12/h3-5,8H,2H2,1H3. The van der Waals surface area contributed by atoms with E-state index in [-0.39, 0.29) is 0 Å². The number of halogens is 3. The Kier molecular flexibility index (Phi) is 3.88. The summed E-state index contributed by atoms with van der Waals surface area (Å²) in [5.41, 5.74) is 1.10. The highest BCUT2D eigenvalue weighted by Gasteiger charge is 2.08. The largest absolute Gasteiger partial charge is 0.0843 e. The highest BCUT2D eigenvalue weighted by atomic mass is 79.9. The van der Waals surface area contributed by atoms with Crippen LogP contribution in [0.2, 0.25) is 10.0 Å².